The maximum Gasteiger partial charge on any atom is 0.228 e. The number of hydrogen-bond donors (Lipinski definition) is 3. The first kappa shape index (κ1) is 16.3. The Kier molecular flexibility index (Phi) is 5.67. The van der Waals surface area contributed by atoms with Gasteiger partial charge in [0.2, 0.25) is 5.88 Å². The maximum absolute atomic E-state index is 9.76. The van der Waals surface area contributed by atoms with Crippen molar-refractivity contribution in [3.8, 4) is 5.88 Å². The molecule has 0 aromatic carbocycles. The van der Waals surface area contributed by atoms with Crippen molar-refractivity contribution in [2.75, 3.05) is 26.1 Å². The lowest BCUT2D eigenvalue weighted by molar-refractivity contribution is -0.0149. The smallest absolute Gasteiger partial charge is 0.228 e. The van der Waals surface area contributed by atoms with Crippen LogP contribution in [0.2, 0.25) is 0 Å². The lowest BCUT2D eigenvalue weighted by Gasteiger charge is -2.17. The van der Waals surface area contributed by atoms with Gasteiger partial charge in [0.05, 0.1) is 19.8 Å². The van der Waals surface area contributed by atoms with Gasteiger partial charge in [-0.25, -0.2) is 9.97 Å². The largest absolute Gasteiger partial charge is 0.480 e. The number of rotatable bonds is 5. The number of ether oxygens (including phenoxy) is 2. The predicted molar refractivity (Wildman–Crippen MR) is 85.1 cm³/mol. The first-order chi connectivity index (χ1) is 10.1. The van der Waals surface area contributed by atoms with Crippen LogP contribution in [0.25, 0.3) is 0 Å². The van der Waals surface area contributed by atoms with E-state index in [9.17, 15) is 5.11 Å². The average Bonchev–Trinajstić information content (AvgIpc) is 2.85. The number of anilines is 1. The second-order valence-electron chi connectivity index (χ2n) is 4.41. The van der Waals surface area contributed by atoms with Gasteiger partial charge in [-0.3, -0.25) is 4.99 Å². The molecule has 0 spiro atoms. The summed E-state index contributed by atoms with van der Waals surface area (Å²) < 4.78 is 11.4. The lowest BCUT2D eigenvalue weighted by atomic mass is 10.2. The Morgan fingerprint density at radius 2 is 2.38 bits per heavy atom. The molecular formula is C12H17IN4O4. The third-order valence-corrected chi connectivity index (χ3v) is 4.13. The molecule has 1 unspecified atom stereocenters. The van der Waals surface area contributed by atoms with E-state index >= 15 is 0 Å². The molecule has 1 fully saturated rings. The van der Waals surface area contributed by atoms with Crippen LogP contribution in [-0.2, 0) is 4.74 Å². The second-order valence-corrected chi connectivity index (χ2v) is 5.44. The van der Waals surface area contributed by atoms with Gasteiger partial charge >= 0.3 is 0 Å². The molecular weight excluding hydrogens is 391 g/mol. The summed E-state index contributed by atoms with van der Waals surface area (Å²) in [7, 11) is 3.18. The molecule has 2 heterocycles. The summed E-state index contributed by atoms with van der Waals surface area (Å²) in [6.07, 6.45) is -0.0144. The minimum absolute atomic E-state index is 0.229. The summed E-state index contributed by atoms with van der Waals surface area (Å²) in [5.41, 5.74) is 0.633. The van der Waals surface area contributed by atoms with E-state index in [4.69, 9.17) is 14.6 Å². The number of nitrogens with zero attached hydrogens (tertiary/aromatic N) is 3. The fourth-order valence-corrected chi connectivity index (χ4v) is 2.56. The Morgan fingerprint density at radius 3 is 2.95 bits per heavy atom. The SMILES string of the molecule is C/N=C(/I)c1c(N[C@H]2CC(O)[C@@H](CO)O2)ncnc1OC. The molecule has 0 bridgehead atoms. The Hall–Kier alpha value is -1.04. The lowest BCUT2D eigenvalue weighted by Crippen LogP contribution is -2.25. The van der Waals surface area contributed by atoms with Crippen LogP contribution in [0.4, 0.5) is 5.82 Å². The Morgan fingerprint density at radius 1 is 1.62 bits per heavy atom. The molecule has 8 nitrogen and oxygen atoms in total. The molecule has 2 rings (SSSR count). The van der Waals surface area contributed by atoms with Crippen molar-refractivity contribution in [2.45, 2.75) is 24.9 Å². The molecule has 3 N–H and O–H groups in total. The molecule has 1 aliphatic heterocycles. The Labute approximate surface area is 135 Å². The molecule has 1 aliphatic rings. The van der Waals surface area contributed by atoms with Crippen LogP contribution in [-0.4, -0.2) is 63.1 Å². The zero-order valence-corrected chi connectivity index (χ0v) is 13.8. The van der Waals surface area contributed by atoms with Gasteiger partial charge in [0, 0.05) is 13.5 Å². The molecule has 3 atom stereocenters. The average molecular weight is 408 g/mol. The number of halogens is 1. The van der Waals surface area contributed by atoms with E-state index in [1.807, 2.05) is 0 Å². The monoisotopic (exact) mass is 408 g/mol. The van der Waals surface area contributed by atoms with Crippen molar-refractivity contribution in [3.05, 3.63) is 11.9 Å². The first-order valence-electron chi connectivity index (χ1n) is 6.33. The molecule has 0 saturated carbocycles. The zero-order valence-electron chi connectivity index (χ0n) is 11.7. The minimum Gasteiger partial charge on any atom is -0.480 e. The van der Waals surface area contributed by atoms with Crippen LogP contribution >= 0.6 is 22.6 Å². The highest BCUT2D eigenvalue weighted by Crippen LogP contribution is 2.28. The number of methoxy groups -OCH3 is 1. The third-order valence-electron chi connectivity index (χ3n) is 3.11. The summed E-state index contributed by atoms with van der Waals surface area (Å²) in [5.74, 6) is 0.910. The number of nitrogens with one attached hydrogen (secondary N) is 1. The van der Waals surface area contributed by atoms with E-state index in [-0.39, 0.29) is 6.61 Å². The van der Waals surface area contributed by atoms with E-state index in [0.717, 1.165) is 0 Å². The van der Waals surface area contributed by atoms with Crippen LogP contribution in [0.15, 0.2) is 11.3 Å². The Balaban J connectivity index is 2.24. The van der Waals surface area contributed by atoms with Crippen molar-refractivity contribution in [1.82, 2.24) is 9.97 Å². The van der Waals surface area contributed by atoms with Crippen LogP contribution in [0.1, 0.15) is 12.0 Å². The van der Waals surface area contributed by atoms with Crippen LogP contribution < -0.4 is 10.1 Å². The number of aromatic nitrogens is 2. The standard InChI is InChI=1S/C12H17IN4O4/c1-14-10(13)9-11(15-5-16-12(9)20-2)17-8-3-6(19)7(4-18)21-8/h5-8,18-19H,3-4H2,1-2H3,(H,15,16,17)/b14-10+/t6?,7-,8-/m1/s1. The van der Waals surface area contributed by atoms with Crippen LogP contribution in [0, 0.1) is 0 Å². The number of hydrogen-bond acceptors (Lipinski definition) is 8. The van der Waals surface area contributed by atoms with Gasteiger partial charge in [0.15, 0.2) is 0 Å². The fourth-order valence-electron chi connectivity index (χ4n) is 2.07. The van der Waals surface area contributed by atoms with E-state index in [1.54, 1.807) is 7.05 Å². The topological polar surface area (TPSA) is 109 Å². The van der Waals surface area contributed by atoms with Gasteiger partial charge in [-0.1, -0.05) is 0 Å². The van der Waals surface area contributed by atoms with E-state index in [2.05, 4.69) is 42.9 Å². The molecule has 0 radical (unpaired) electrons. The van der Waals surface area contributed by atoms with Gasteiger partial charge in [-0.15, -0.1) is 0 Å². The Bertz CT molecular complexity index is 528. The normalized spacial score (nSPS) is 26.0. The van der Waals surface area contributed by atoms with Crippen molar-refractivity contribution in [3.63, 3.8) is 0 Å². The molecule has 1 aromatic heterocycles. The molecule has 9 heteroatoms. The highest BCUT2D eigenvalue weighted by atomic mass is 127. The van der Waals surface area contributed by atoms with Crippen LogP contribution in [0.3, 0.4) is 0 Å². The fraction of sp³-hybridized carbons (Fsp3) is 0.583. The highest BCUT2D eigenvalue weighted by molar-refractivity contribution is 14.1. The van der Waals surface area contributed by atoms with Gasteiger partial charge in [0.1, 0.15) is 33.8 Å². The molecule has 21 heavy (non-hydrogen) atoms. The van der Waals surface area contributed by atoms with Crippen LogP contribution in [0.5, 0.6) is 5.88 Å². The van der Waals surface area contributed by atoms with Gasteiger partial charge in [0.25, 0.3) is 0 Å². The van der Waals surface area contributed by atoms with Crippen molar-refractivity contribution in [2.24, 2.45) is 4.99 Å². The second kappa shape index (κ2) is 7.29. The molecule has 116 valence electrons. The van der Waals surface area contributed by atoms with E-state index < -0.39 is 18.4 Å². The summed E-state index contributed by atoms with van der Waals surface area (Å²) >= 11 is 2.07. The summed E-state index contributed by atoms with van der Waals surface area (Å²) in [4.78, 5) is 12.4. The zero-order chi connectivity index (χ0) is 15.4. The van der Waals surface area contributed by atoms with Crippen molar-refractivity contribution < 1.29 is 19.7 Å². The molecule has 1 aromatic rings. The summed E-state index contributed by atoms with van der Waals surface area (Å²) in [5, 5.41) is 21.9. The van der Waals surface area contributed by atoms with Gasteiger partial charge in [-0.2, -0.15) is 0 Å². The first-order valence-corrected chi connectivity index (χ1v) is 7.41. The van der Waals surface area contributed by atoms with Crippen molar-refractivity contribution in [1.29, 1.82) is 0 Å². The number of aliphatic imine (C=N–C) groups is 1. The highest BCUT2D eigenvalue weighted by Gasteiger charge is 2.34. The maximum atomic E-state index is 9.76. The summed E-state index contributed by atoms with van der Waals surface area (Å²) in [6.45, 7) is -0.229. The predicted octanol–water partition coefficient (Wildman–Crippen LogP) is 0.177. The van der Waals surface area contributed by atoms with E-state index in [0.29, 0.717) is 27.4 Å². The minimum atomic E-state index is -0.710. The van der Waals surface area contributed by atoms with Gasteiger partial charge < -0.3 is 25.0 Å². The molecule has 1 saturated heterocycles. The third kappa shape index (κ3) is 3.59. The van der Waals surface area contributed by atoms with E-state index in [1.165, 1.54) is 13.4 Å². The van der Waals surface area contributed by atoms with Gasteiger partial charge in [-0.05, 0) is 22.6 Å². The molecule has 0 aliphatic carbocycles. The quantitative estimate of drug-likeness (QED) is 0.471. The summed E-state index contributed by atoms with van der Waals surface area (Å²) in [6, 6.07) is 0. The van der Waals surface area contributed by atoms with Crippen molar-refractivity contribution >= 4 is 32.1 Å². The molecule has 0 amide bonds. The number of aliphatic hydroxyl groups excluding tert-OH is 2. The number of aliphatic hydroxyl groups is 2.